The number of ether oxygens (including phenoxy) is 1. The number of nitrogens with zero attached hydrogens (tertiary/aromatic N) is 3. The Kier molecular flexibility index (Phi) is 6.72. The summed E-state index contributed by atoms with van der Waals surface area (Å²) in [6.07, 6.45) is 3.03. The second kappa shape index (κ2) is 9.67. The number of rotatable bonds is 5. The molecule has 1 aromatic carbocycles. The third kappa shape index (κ3) is 4.76. The Balaban J connectivity index is 1.41. The third-order valence-electron chi connectivity index (χ3n) is 6.22. The van der Waals surface area contributed by atoms with Gasteiger partial charge < -0.3 is 23.9 Å². The summed E-state index contributed by atoms with van der Waals surface area (Å²) in [7, 11) is 0. The SMILES string of the molecule is CC(C)COC(=O)N1CCCN(C(=O)c2ccoc2CN2c3ccccc3CC2C)CC1. The van der Waals surface area contributed by atoms with E-state index < -0.39 is 0 Å². The molecule has 2 aliphatic rings. The molecule has 0 aliphatic carbocycles. The molecule has 7 nitrogen and oxygen atoms in total. The van der Waals surface area contributed by atoms with Crippen molar-refractivity contribution in [1.82, 2.24) is 9.80 Å². The number of carbonyl (C=O) groups is 2. The number of hydrogen-bond donors (Lipinski definition) is 0. The van der Waals surface area contributed by atoms with Crippen LogP contribution in [0.2, 0.25) is 0 Å². The van der Waals surface area contributed by atoms with Gasteiger partial charge in [0.2, 0.25) is 0 Å². The van der Waals surface area contributed by atoms with Crippen molar-refractivity contribution in [3.05, 3.63) is 53.5 Å². The van der Waals surface area contributed by atoms with Crippen molar-refractivity contribution in [1.29, 1.82) is 0 Å². The van der Waals surface area contributed by atoms with Crippen LogP contribution < -0.4 is 4.90 Å². The summed E-state index contributed by atoms with van der Waals surface area (Å²) >= 11 is 0. The van der Waals surface area contributed by atoms with Gasteiger partial charge in [-0.15, -0.1) is 0 Å². The molecule has 3 heterocycles. The van der Waals surface area contributed by atoms with E-state index in [1.165, 1.54) is 11.3 Å². The molecule has 2 amide bonds. The van der Waals surface area contributed by atoms with Crippen molar-refractivity contribution in [2.75, 3.05) is 37.7 Å². The molecule has 0 N–H and O–H groups in total. The number of carbonyl (C=O) groups excluding carboxylic acids is 2. The lowest BCUT2D eigenvalue weighted by Gasteiger charge is -2.25. The van der Waals surface area contributed by atoms with Crippen LogP contribution in [-0.2, 0) is 17.7 Å². The van der Waals surface area contributed by atoms with E-state index in [4.69, 9.17) is 9.15 Å². The fourth-order valence-electron chi connectivity index (χ4n) is 4.48. The summed E-state index contributed by atoms with van der Waals surface area (Å²) in [5.74, 6) is 0.955. The van der Waals surface area contributed by atoms with Crippen LogP contribution in [0, 0.1) is 5.92 Å². The molecule has 1 unspecified atom stereocenters. The highest BCUT2D eigenvalue weighted by molar-refractivity contribution is 5.95. The summed E-state index contributed by atoms with van der Waals surface area (Å²) in [5.41, 5.74) is 3.15. The Hall–Kier alpha value is -2.96. The summed E-state index contributed by atoms with van der Waals surface area (Å²) in [6.45, 7) is 9.38. The smallest absolute Gasteiger partial charge is 0.409 e. The molecule has 1 aromatic heterocycles. The highest BCUT2D eigenvalue weighted by Crippen LogP contribution is 2.33. The topological polar surface area (TPSA) is 66.2 Å². The fourth-order valence-corrected chi connectivity index (χ4v) is 4.48. The van der Waals surface area contributed by atoms with Gasteiger partial charge >= 0.3 is 6.09 Å². The molecule has 172 valence electrons. The zero-order valence-corrected chi connectivity index (χ0v) is 19.3. The second-order valence-corrected chi connectivity index (χ2v) is 9.17. The molecule has 2 aliphatic heterocycles. The normalized spacial score (nSPS) is 18.6. The van der Waals surface area contributed by atoms with Crippen molar-refractivity contribution in [2.45, 2.75) is 46.2 Å². The van der Waals surface area contributed by atoms with Gasteiger partial charge in [0.15, 0.2) is 0 Å². The quantitative estimate of drug-likeness (QED) is 0.700. The van der Waals surface area contributed by atoms with Gasteiger partial charge in [-0.1, -0.05) is 32.0 Å². The molecular weight excluding hydrogens is 406 g/mol. The number of fused-ring (bicyclic) bond motifs is 1. The summed E-state index contributed by atoms with van der Waals surface area (Å²) in [4.78, 5) is 31.5. The van der Waals surface area contributed by atoms with E-state index in [2.05, 4.69) is 30.0 Å². The Morgan fingerprint density at radius 1 is 1.09 bits per heavy atom. The van der Waals surface area contributed by atoms with Crippen molar-refractivity contribution in [3.8, 4) is 0 Å². The molecular formula is C25H33N3O4. The van der Waals surface area contributed by atoms with E-state index in [0.29, 0.717) is 62.6 Å². The summed E-state index contributed by atoms with van der Waals surface area (Å²) < 4.78 is 11.1. The van der Waals surface area contributed by atoms with Gasteiger partial charge in [0.05, 0.1) is 25.0 Å². The number of para-hydroxylation sites is 1. The Bertz CT molecular complexity index is 954. The lowest BCUT2D eigenvalue weighted by atomic mass is 10.1. The first-order chi connectivity index (χ1) is 15.4. The van der Waals surface area contributed by atoms with Gasteiger partial charge in [-0.3, -0.25) is 4.79 Å². The van der Waals surface area contributed by atoms with Gasteiger partial charge in [-0.05, 0) is 43.4 Å². The van der Waals surface area contributed by atoms with Gasteiger partial charge in [0.1, 0.15) is 5.76 Å². The monoisotopic (exact) mass is 439 g/mol. The fraction of sp³-hybridized carbons (Fsp3) is 0.520. The zero-order valence-electron chi connectivity index (χ0n) is 19.3. The van der Waals surface area contributed by atoms with Crippen molar-refractivity contribution >= 4 is 17.7 Å². The van der Waals surface area contributed by atoms with Crippen molar-refractivity contribution in [2.24, 2.45) is 5.92 Å². The molecule has 0 saturated carbocycles. The van der Waals surface area contributed by atoms with Gasteiger partial charge in [0, 0.05) is 37.9 Å². The number of benzene rings is 1. The maximum Gasteiger partial charge on any atom is 0.409 e. The average molecular weight is 440 g/mol. The first kappa shape index (κ1) is 22.2. The van der Waals surface area contributed by atoms with Crippen LogP contribution in [0.4, 0.5) is 10.5 Å². The second-order valence-electron chi connectivity index (χ2n) is 9.17. The van der Waals surface area contributed by atoms with Crippen LogP contribution in [-0.4, -0.2) is 60.6 Å². The minimum atomic E-state index is -0.293. The van der Waals surface area contributed by atoms with Crippen LogP contribution in [0.25, 0.3) is 0 Å². The number of anilines is 1. The van der Waals surface area contributed by atoms with E-state index in [9.17, 15) is 9.59 Å². The Morgan fingerprint density at radius 3 is 2.66 bits per heavy atom. The summed E-state index contributed by atoms with van der Waals surface area (Å²) in [6, 6.07) is 10.5. The molecule has 4 rings (SSSR count). The third-order valence-corrected chi connectivity index (χ3v) is 6.22. The van der Waals surface area contributed by atoms with E-state index >= 15 is 0 Å². The van der Waals surface area contributed by atoms with E-state index in [0.717, 1.165) is 12.8 Å². The van der Waals surface area contributed by atoms with Crippen LogP contribution in [0.15, 0.2) is 41.0 Å². The minimum Gasteiger partial charge on any atom is -0.467 e. The van der Waals surface area contributed by atoms with E-state index in [1.807, 2.05) is 24.8 Å². The molecule has 32 heavy (non-hydrogen) atoms. The van der Waals surface area contributed by atoms with Crippen molar-refractivity contribution < 1.29 is 18.7 Å². The summed E-state index contributed by atoms with van der Waals surface area (Å²) in [5, 5.41) is 0. The average Bonchev–Trinajstić information content (AvgIpc) is 3.27. The Labute approximate surface area is 189 Å². The Morgan fingerprint density at radius 2 is 1.84 bits per heavy atom. The van der Waals surface area contributed by atoms with Crippen LogP contribution in [0.1, 0.15) is 48.9 Å². The van der Waals surface area contributed by atoms with E-state index in [-0.39, 0.29) is 12.0 Å². The molecule has 7 heteroatoms. The first-order valence-corrected chi connectivity index (χ1v) is 11.6. The maximum absolute atomic E-state index is 13.3. The highest BCUT2D eigenvalue weighted by Gasteiger charge is 2.30. The molecule has 0 spiro atoms. The molecule has 2 aromatic rings. The standard InChI is InChI=1S/C25H33N3O4/c1-18(2)17-32-25(30)27-11-6-10-26(12-13-27)24(29)21-9-14-31-23(21)16-28-19(3)15-20-7-4-5-8-22(20)28/h4-5,7-9,14,18-19H,6,10-13,15-17H2,1-3H3. The van der Waals surface area contributed by atoms with Gasteiger partial charge in [0.25, 0.3) is 5.91 Å². The predicted octanol–water partition coefficient (Wildman–Crippen LogP) is 4.17. The first-order valence-electron chi connectivity index (χ1n) is 11.6. The van der Waals surface area contributed by atoms with E-state index in [1.54, 1.807) is 17.2 Å². The largest absolute Gasteiger partial charge is 0.467 e. The van der Waals surface area contributed by atoms with Crippen molar-refractivity contribution in [3.63, 3.8) is 0 Å². The minimum absolute atomic E-state index is 0.0358. The lowest BCUT2D eigenvalue weighted by molar-refractivity contribution is 0.0744. The zero-order chi connectivity index (χ0) is 22.7. The van der Waals surface area contributed by atoms with Crippen LogP contribution in [0.5, 0.6) is 0 Å². The van der Waals surface area contributed by atoms with Crippen LogP contribution in [0.3, 0.4) is 0 Å². The molecule has 0 bridgehead atoms. The number of furan rings is 1. The molecule has 1 atom stereocenters. The predicted molar refractivity (Wildman–Crippen MR) is 123 cm³/mol. The van der Waals surface area contributed by atoms with Crippen LogP contribution >= 0.6 is 0 Å². The highest BCUT2D eigenvalue weighted by atomic mass is 16.6. The lowest BCUT2D eigenvalue weighted by Crippen LogP contribution is -2.38. The molecule has 1 fully saturated rings. The van der Waals surface area contributed by atoms with Gasteiger partial charge in [-0.25, -0.2) is 4.79 Å². The molecule has 0 radical (unpaired) electrons. The maximum atomic E-state index is 13.3. The molecule has 1 saturated heterocycles. The van der Waals surface area contributed by atoms with Gasteiger partial charge in [-0.2, -0.15) is 0 Å². The number of amides is 2. The number of hydrogen-bond acceptors (Lipinski definition) is 5.